The van der Waals surface area contributed by atoms with Gasteiger partial charge in [0.25, 0.3) is 0 Å². The fourth-order valence-corrected chi connectivity index (χ4v) is 1.22. The van der Waals surface area contributed by atoms with Gasteiger partial charge in [0.15, 0.2) is 0 Å². The van der Waals surface area contributed by atoms with Crippen molar-refractivity contribution in [2.45, 2.75) is 32.1 Å². The molecule has 4 heteroatoms. The summed E-state index contributed by atoms with van der Waals surface area (Å²) in [6, 6.07) is -0.453. The first kappa shape index (κ1) is 8.49. The van der Waals surface area contributed by atoms with Crippen LogP contribution in [-0.4, -0.2) is 30.7 Å². The Morgan fingerprint density at radius 1 is 1.64 bits per heavy atom. The van der Waals surface area contributed by atoms with Crippen molar-refractivity contribution in [3.05, 3.63) is 0 Å². The minimum absolute atomic E-state index is 0.112. The molecular formula is C7H13N2O2. The largest absolute Gasteiger partial charge is 0.372 e. The smallest absolute Gasteiger partial charge is 0.238 e. The van der Waals surface area contributed by atoms with E-state index in [4.69, 9.17) is 10.5 Å². The van der Waals surface area contributed by atoms with Gasteiger partial charge in [-0.2, -0.15) is 0 Å². The lowest BCUT2D eigenvalue weighted by Crippen LogP contribution is -2.52. The molecule has 1 aliphatic heterocycles. The van der Waals surface area contributed by atoms with Crippen molar-refractivity contribution in [3.63, 3.8) is 0 Å². The quantitative estimate of drug-likeness (QED) is 0.544. The molecule has 1 rings (SSSR count). The Hall–Kier alpha value is -0.610. The van der Waals surface area contributed by atoms with Gasteiger partial charge in [-0.1, -0.05) is 0 Å². The fourth-order valence-electron chi connectivity index (χ4n) is 1.22. The average molecular weight is 157 g/mol. The van der Waals surface area contributed by atoms with E-state index in [1.807, 2.05) is 13.8 Å². The molecule has 2 N–H and O–H groups in total. The number of morpholine rings is 1. The number of amides is 1. The van der Waals surface area contributed by atoms with Crippen LogP contribution in [0.15, 0.2) is 0 Å². The van der Waals surface area contributed by atoms with Crippen molar-refractivity contribution in [2.24, 2.45) is 5.73 Å². The van der Waals surface area contributed by atoms with Crippen LogP contribution in [0.4, 0.5) is 0 Å². The Morgan fingerprint density at radius 2 is 2.27 bits per heavy atom. The van der Waals surface area contributed by atoms with Crippen molar-refractivity contribution in [3.8, 4) is 0 Å². The van der Waals surface area contributed by atoms with Crippen molar-refractivity contribution >= 4 is 5.91 Å². The molecule has 3 atom stereocenters. The van der Waals surface area contributed by atoms with Crippen LogP contribution >= 0.6 is 0 Å². The molecule has 0 bridgehead atoms. The van der Waals surface area contributed by atoms with Gasteiger partial charge < -0.3 is 10.5 Å². The first-order valence-corrected chi connectivity index (χ1v) is 3.72. The standard InChI is InChI=1S/C7H13N2O2/c1-4-3-9-6(7(8)10)5(2)11-4/h4-6H,3H2,1-2H3,(H2,8,10). The summed E-state index contributed by atoms with van der Waals surface area (Å²) in [5, 5.41) is 4.09. The van der Waals surface area contributed by atoms with Gasteiger partial charge in [0.2, 0.25) is 5.91 Å². The third-order valence-electron chi connectivity index (χ3n) is 1.74. The van der Waals surface area contributed by atoms with Crippen LogP contribution < -0.4 is 11.1 Å². The summed E-state index contributed by atoms with van der Waals surface area (Å²) >= 11 is 0. The maximum absolute atomic E-state index is 10.7. The molecule has 11 heavy (non-hydrogen) atoms. The first-order valence-electron chi connectivity index (χ1n) is 3.72. The van der Waals surface area contributed by atoms with Gasteiger partial charge in [-0.25, -0.2) is 5.32 Å². The summed E-state index contributed by atoms with van der Waals surface area (Å²) in [5.41, 5.74) is 5.09. The number of rotatable bonds is 1. The molecule has 63 valence electrons. The second-order valence-corrected chi connectivity index (χ2v) is 2.86. The number of carbonyl (C=O) groups is 1. The van der Waals surface area contributed by atoms with Crippen molar-refractivity contribution in [1.29, 1.82) is 0 Å². The summed E-state index contributed by atoms with van der Waals surface area (Å²) < 4.78 is 5.37. The highest BCUT2D eigenvalue weighted by Gasteiger charge is 2.30. The average Bonchev–Trinajstić information content (AvgIpc) is 1.85. The van der Waals surface area contributed by atoms with E-state index in [-0.39, 0.29) is 12.2 Å². The zero-order valence-electron chi connectivity index (χ0n) is 6.78. The molecule has 1 radical (unpaired) electrons. The lowest BCUT2D eigenvalue weighted by molar-refractivity contribution is -0.128. The summed E-state index contributed by atoms with van der Waals surface area (Å²) in [4.78, 5) is 10.7. The monoisotopic (exact) mass is 157 g/mol. The molecular weight excluding hydrogens is 144 g/mol. The number of nitrogens with two attached hydrogens (primary N) is 1. The summed E-state index contributed by atoms with van der Waals surface area (Å²) in [7, 11) is 0. The highest BCUT2D eigenvalue weighted by atomic mass is 16.5. The minimum atomic E-state index is -0.453. The number of nitrogens with zero attached hydrogens (tertiary/aromatic N) is 1. The van der Waals surface area contributed by atoms with E-state index in [0.717, 1.165) is 0 Å². The first-order chi connectivity index (χ1) is 5.11. The van der Waals surface area contributed by atoms with E-state index < -0.39 is 11.9 Å². The van der Waals surface area contributed by atoms with Gasteiger partial charge >= 0.3 is 0 Å². The summed E-state index contributed by atoms with van der Waals surface area (Å²) in [6.45, 7) is 4.31. The van der Waals surface area contributed by atoms with E-state index in [0.29, 0.717) is 6.54 Å². The number of primary amides is 1. The normalized spacial score (nSPS) is 38.5. The number of ether oxygens (including phenoxy) is 1. The fraction of sp³-hybridized carbons (Fsp3) is 0.857. The van der Waals surface area contributed by atoms with Gasteiger partial charge in [0.05, 0.1) is 12.2 Å². The van der Waals surface area contributed by atoms with E-state index in [1.165, 1.54) is 0 Å². The maximum Gasteiger partial charge on any atom is 0.238 e. The Labute approximate surface area is 66.1 Å². The lowest BCUT2D eigenvalue weighted by Gasteiger charge is -2.30. The van der Waals surface area contributed by atoms with E-state index in [9.17, 15) is 4.79 Å². The Balaban J connectivity index is 2.50. The van der Waals surface area contributed by atoms with E-state index in [2.05, 4.69) is 5.32 Å². The highest BCUT2D eigenvalue weighted by molar-refractivity contribution is 5.80. The Morgan fingerprint density at radius 3 is 2.73 bits per heavy atom. The van der Waals surface area contributed by atoms with Gasteiger partial charge in [0.1, 0.15) is 6.04 Å². The predicted octanol–water partition coefficient (Wildman–Crippen LogP) is -0.748. The van der Waals surface area contributed by atoms with Crippen molar-refractivity contribution in [2.75, 3.05) is 6.54 Å². The molecule has 3 unspecified atom stereocenters. The van der Waals surface area contributed by atoms with Crippen molar-refractivity contribution < 1.29 is 9.53 Å². The lowest BCUT2D eigenvalue weighted by atomic mass is 10.1. The van der Waals surface area contributed by atoms with Crippen LogP contribution in [0.2, 0.25) is 0 Å². The van der Waals surface area contributed by atoms with E-state index >= 15 is 0 Å². The van der Waals surface area contributed by atoms with E-state index in [1.54, 1.807) is 0 Å². The zero-order chi connectivity index (χ0) is 8.43. The van der Waals surface area contributed by atoms with Crippen molar-refractivity contribution in [1.82, 2.24) is 5.32 Å². The molecule has 0 aromatic rings. The summed E-state index contributed by atoms with van der Waals surface area (Å²) in [5.74, 6) is -0.399. The molecule has 0 saturated carbocycles. The second-order valence-electron chi connectivity index (χ2n) is 2.86. The Kier molecular flexibility index (Phi) is 2.46. The number of carbonyl (C=O) groups excluding carboxylic acids is 1. The molecule has 1 amide bonds. The molecule has 0 aromatic heterocycles. The topological polar surface area (TPSA) is 66.4 Å². The Bertz CT molecular complexity index is 161. The molecule has 1 saturated heterocycles. The molecule has 1 aliphatic rings. The van der Waals surface area contributed by atoms with Gasteiger partial charge in [0, 0.05) is 6.54 Å². The van der Waals surface area contributed by atoms with Crippen LogP contribution in [0, 0.1) is 0 Å². The SMILES string of the molecule is CC1C[N]C(C(N)=O)C(C)O1. The molecule has 1 fully saturated rings. The van der Waals surface area contributed by atoms with Crippen LogP contribution in [0.25, 0.3) is 0 Å². The molecule has 4 nitrogen and oxygen atoms in total. The van der Waals surface area contributed by atoms with Crippen LogP contribution in [0.3, 0.4) is 0 Å². The molecule has 1 heterocycles. The third kappa shape index (κ3) is 1.91. The molecule has 0 spiro atoms. The number of hydrogen-bond donors (Lipinski definition) is 1. The maximum atomic E-state index is 10.7. The predicted molar refractivity (Wildman–Crippen MR) is 40.0 cm³/mol. The second kappa shape index (κ2) is 3.19. The van der Waals surface area contributed by atoms with Gasteiger partial charge in [-0.05, 0) is 13.8 Å². The van der Waals surface area contributed by atoms with Crippen LogP contribution in [0.5, 0.6) is 0 Å². The molecule has 0 aromatic carbocycles. The summed E-state index contributed by atoms with van der Waals surface area (Å²) in [6.07, 6.45) is -0.0585. The minimum Gasteiger partial charge on any atom is -0.372 e. The third-order valence-corrected chi connectivity index (χ3v) is 1.74. The van der Waals surface area contributed by atoms with Gasteiger partial charge in [-0.3, -0.25) is 4.79 Å². The van der Waals surface area contributed by atoms with Crippen LogP contribution in [-0.2, 0) is 9.53 Å². The van der Waals surface area contributed by atoms with Gasteiger partial charge in [-0.15, -0.1) is 0 Å². The zero-order valence-corrected chi connectivity index (χ0v) is 6.78. The number of hydrogen-bond acceptors (Lipinski definition) is 2. The molecule has 0 aliphatic carbocycles. The van der Waals surface area contributed by atoms with Crippen LogP contribution in [0.1, 0.15) is 13.8 Å². The highest BCUT2D eigenvalue weighted by Crippen LogP contribution is 2.09.